The molecule has 1 N–H and O–H groups in total. The summed E-state index contributed by atoms with van der Waals surface area (Å²) in [5.74, 6) is 1.63. The molecule has 0 aromatic carbocycles. The molecule has 1 aliphatic rings. The highest BCUT2D eigenvalue weighted by Crippen LogP contribution is 2.16. The highest BCUT2D eigenvalue weighted by molar-refractivity contribution is 5.80. The summed E-state index contributed by atoms with van der Waals surface area (Å²) in [5.41, 5.74) is 0. The summed E-state index contributed by atoms with van der Waals surface area (Å²) in [4.78, 5) is 8.94. The molecule has 1 heterocycles. The molecule has 20 heavy (non-hydrogen) atoms. The van der Waals surface area contributed by atoms with Gasteiger partial charge < -0.3 is 24.6 Å². The molecular weight excluding hydrogens is 256 g/mol. The van der Waals surface area contributed by atoms with Crippen molar-refractivity contribution in [3.05, 3.63) is 0 Å². The second-order valence-electron chi connectivity index (χ2n) is 5.33. The Kier molecular flexibility index (Phi) is 8.57. The van der Waals surface area contributed by atoms with Crippen LogP contribution in [0.4, 0.5) is 0 Å². The van der Waals surface area contributed by atoms with E-state index in [0.717, 1.165) is 51.9 Å². The van der Waals surface area contributed by atoms with Gasteiger partial charge in [-0.05, 0) is 13.5 Å². The molecule has 1 saturated heterocycles. The summed E-state index contributed by atoms with van der Waals surface area (Å²) in [6.07, 6.45) is 1.18. The molecule has 0 aromatic rings. The third-order valence-electron chi connectivity index (χ3n) is 3.65. The molecule has 0 aromatic heterocycles. The fourth-order valence-electron chi connectivity index (χ4n) is 2.45. The Labute approximate surface area is 123 Å². The van der Waals surface area contributed by atoms with Crippen molar-refractivity contribution in [3.63, 3.8) is 0 Å². The maximum Gasteiger partial charge on any atom is 0.193 e. The van der Waals surface area contributed by atoms with Crippen molar-refractivity contribution in [2.75, 3.05) is 74.3 Å². The average molecular weight is 286 g/mol. The SMILES string of the molecule is CN=C(NCCN(C)CCOC)N1CCC(COC)C1. The monoisotopic (exact) mass is 286 g/mol. The lowest BCUT2D eigenvalue weighted by atomic mass is 10.1. The molecule has 0 aliphatic carbocycles. The van der Waals surface area contributed by atoms with Gasteiger partial charge in [0, 0.05) is 59.9 Å². The van der Waals surface area contributed by atoms with E-state index >= 15 is 0 Å². The minimum absolute atomic E-state index is 0.628. The quantitative estimate of drug-likeness (QED) is 0.507. The number of methoxy groups -OCH3 is 2. The van der Waals surface area contributed by atoms with E-state index in [1.807, 2.05) is 7.05 Å². The lowest BCUT2D eigenvalue weighted by Gasteiger charge is -2.23. The van der Waals surface area contributed by atoms with Crippen LogP contribution in [0.1, 0.15) is 6.42 Å². The second-order valence-corrected chi connectivity index (χ2v) is 5.33. The van der Waals surface area contributed by atoms with Gasteiger partial charge in [0.2, 0.25) is 0 Å². The lowest BCUT2D eigenvalue weighted by Crippen LogP contribution is -2.43. The van der Waals surface area contributed by atoms with E-state index < -0.39 is 0 Å². The van der Waals surface area contributed by atoms with Gasteiger partial charge in [-0.2, -0.15) is 0 Å². The Morgan fingerprint density at radius 1 is 1.35 bits per heavy atom. The van der Waals surface area contributed by atoms with Crippen LogP contribution in [-0.4, -0.2) is 90.0 Å². The summed E-state index contributed by atoms with van der Waals surface area (Å²) >= 11 is 0. The fourth-order valence-corrected chi connectivity index (χ4v) is 2.45. The summed E-state index contributed by atoms with van der Waals surface area (Å²) in [7, 11) is 7.46. The topological polar surface area (TPSA) is 49.3 Å². The van der Waals surface area contributed by atoms with Crippen LogP contribution in [0.15, 0.2) is 4.99 Å². The van der Waals surface area contributed by atoms with Gasteiger partial charge in [0.1, 0.15) is 0 Å². The maximum absolute atomic E-state index is 5.23. The molecule has 1 aliphatic heterocycles. The Bertz CT molecular complexity index is 286. The molecule has 0 spiro atoms. The Morgan fingerprint density at radius 3 is 2.80 bits per heavy atom. The van der Waals surface area contributed by atoms with Gasteiger partial charge in [-0.1, -0.05) is 0 Å². The molecule has 0 radical (unpaired) electrons. The average Bonchev–Trinajstić information content (AvgIpc) is 2.90. The highest BCUT2D eigenvalue weighted by Gasteiger charge is 2.24. The van der Waals surface area contributed by atoms with Crippen LogP contribution >= 0.6 is 0 Å². The summed E-state index contributed by atoms with van der Waals surface area (Å²) < 4.78 is 10.3. The predicted octanol–water partition coefficient (Wildman–Crippen LogP) is 0.108. The number of guanidine groups is 1. The van der Waals surface area contributed by atoms with E-state index in [0.29, 0.717) is 5.92 Å². The van der Waals surface area contributed by atoms with Gasteiger partial charge in [-0.25, -0.2) is 0 Å². The van der Waals surface area contributed by atoms with Crippen LogP contribution in [0.25, 0.3) is 0 Å². The number of hydrogen-bond acceptors (Lipinski definition) is 4. The molecular formula is C14H30N4O2. The molecule has 6 heteroatoms. The highest BCUT2D eigenvalue weighted by atomic mass is 16.5. The molecule has 118 valence electrons. The Hall–Kier alpha value is -0.850. The minimum atomic E-state index is 0.628. The van der Waals surface area contributed by atoms with E-state index in [2.05, 4.69) is 27.2 Å². The van der Waals surface area contributed by atoms with Gasteiger partial charge in [0.15, 0.2) is 5.96 Å². The van der Waals surface area contributed by atoms with E-state index in [4.69, 9.17) is 9.47 Å². The maximum atomic E-state index is 5.23. The Morgan fingerprint density at radius 2 is 2.15 bits per heavy atom. The van der Waals surface area contributed by atoms with Crippen molar-refractivity contribution in [1.82, 2.24) is 15.1 Å². The number of nitrogens with one attached hydrogen (secondary N) is 1. The van der Waals surface area contributed by atoms with Crippen LogP contribution in [0.3, 0.4) is 0 Å². The zero-order valence-corrected chi connectivity index (χ0v) is 13.4. The number of rotatable bonds is 8. The van der Waals surface area contributed by atoms with Crippen molar-refractivity contribution in [3.8, 4) is 0 Å². The Balaban J connectivity index is 2.23. The van der Waals surface area contributed by atoms with Crippen molar-refractivity contribution in [1.29, 1.82) is 0 Å². The first-order valence-corrected chi connectivity index (χ1v) is 7.33. The molecule has 0 bridgehead atoms. The number of nitrogens with zero attached hydrogens (tertiary/aromatic N) is 3. The minimum Gasteiger partial charge on any atom is -0.384 e. The smallest absolute Gasteiger partial charge is 0.193 e. The number of aliphatic imine (C=N–C) groups is 1. The van der Waals surface area contributed by atoms with Crippen molar-refractivity contribution >= 4 is 5.96 Å². The predicted molar refractivity (Wildman–Crippen MR) is 82.3 cm³/mol. The normalized spacial score (nSPS) is 19.9. The number of hydrogen-bond donors (Lipinski definition) is 1. The molecule has 1 atom stereocenters. The third-order valence-corrected chi connectivity index (χ3v) is 3.65. The standard InChI is InChI=1S/C14H30N4O2/c1-15-14(16-6-8-17(2)9-10-19-3)18-7-5-13(11-18)12-20-4/h13H,5-12H2,1-4H3,(H,15,16). The zero-order chi connectivity index (χ0) is 14.8. The first-order valence-electron chi connectivity index (χ1n) is 7.33. The largest absolute Gasteiger partial charge is 0.384 e. The van der Waals surface area contributed by atoms with Crippen LogP contribution < -0.4 is 5.32 Å². The second kappa shape index (κ2) is 9.96. The van der Waals surface area contributed by atoms with Gasteiger partial charge in [-0.3, -0.25) is 4.99 Å². The van der Waals surface area contributed by atoms with Gasteiger partial charge >= 0.3 is 0 Å². The third kappa shape index (κ3) is 6.07. The van der Waals surface area contributed by atoms with Gasteiger partial charge in [-0.15, -0.1) is 0 Å². The number of ether oxygens (including phenoxy) is 2. The van der Waals surface area contributed by atoms with Gasteiger partial charge in [0.05, 0.1) is 13.2 Å². The van der Waals surface area contributed by atoms with Crippen LogP contribution in [0.5, 0.6) is 0 Å². The van der Waals surface area contributed by atoms with Crippen LogP contribution in [-0.2, 0) is 9.47 Å². The van der Waals surface area contributed by atoms with Crippen molar-refractivity contribution < 1.29 is 9.47 Å². The van der Waals surface area contributed by atoms with E-state index in [-0.39, 0.29) is 0 Å². The summed E-state index contributed by atoms with van der Waals surface area (Å²) in [6, 6.07) is 0. The van der Waals surface area contributed by atoms with Crippen LogP contribution in [0.2, 0.25) is 0 Å². The summed E-state index contributed by atoms with van der Waals surface area (Å²) in [5, 5.41) is 3.43. The van der Waals surface area contributed by atoms with E-state index in [1.54, 1.807) is 14.2 Å². The number of likely N-dealkylation sites (N-methyl/N-ethyl adjacent to an activating group) is 1. The zero-order valence-electron chi connectivity index (χ0n) is 13.4. The first kappa shape index (κ1) is 17.2. The molecule has 1 rings (SSSR count). The summed E-state index contributed by atoms with van der Waals surface area (Å²) in [6.45, 7) is 6.55. The van der Waals surface area contributed by atoms with Crippen LogP contribution in [0, 0.1) is 5.92 Å². The molecule has 0 amide bonds. The van der Waals surface area contributed by atoms with Crippen molar-refractivity contribution in [2.45, 2.75) is 6.42 Å². The number of likely N-dealkylation sites (tertiary alicyclic amines) is 1. The van der Waals surface area contributed by atoms with E-state index in [9.17, 15) is 0 Å². The van der Waals surface area contributed by atoms with Gasteiger partial charge in [0.25, 0.3) is 0 Å². The first-order chi connectivity index (χ1) is 9.71. The van der Waals surface area contributed by atoms with E-state index in [1.165, 1.54) is 6.42 Å². The molecule has 1 unspecified atom stereocenters. The van der Waals surface area contributed by atoms with Crippen molar-refractivity contribution in [2.24, 2.45) is 10.9 Å². The fraction of sp³-hybridized carbons (Fsp3) is 0.929. The lowest BCUT2D eigenvalue weighted by molar-refractivity contribution is 0.157. The molecule has 0 saturated carbocycles. The molecule has 6 nitrogen and oxygen atoms in total. The molecule has 1 fully saturated rings.